The fourth-order valence-corrected chi connectivity index (χ4v) is 3.43. The maximum Gasteiger partial charge on any atom is 0.246 e. The highest BCUT2D eigenvalue weighted by Crippen LogP contribution is 2.35. The van der Waals surface area contributed by atoms with Gasteiger partial charge < -0.3 is 15.1 Å². The molecule has 0 aromatic heterocycles. The highest BCUT2D eigenvalue weighted by molar-refractivity contribution is 9.10. The van der Waals surface area contributed by atoms with Gasteiger partial charge >= 0.3 is 0 Å². The lowest BCUT2D eigenvalue weighted by Gasteiger charge is -2.38. The number of nitrogens with one attached hydrogen (secondary N) is 1. The predicted octanol–water partition coefficient (Wildman–Crippen LogP) is 2.23. The zero-order chi connectivity index (χ0) is 14.1. The Kier molecular flexibility index (Phi) is 3.98. The second-order valence-electron chi connectivity index (χ2n) is 5.68. The van der Waals surface area contributed by atoms with Crippen LogP contribution in [0.1, 0.15) is 12.8 Å². The second kappa shape index (κ2) is 5.74. The molecule has 0 saturated carbocycles. The van der Waals surface area contributed by atoms with Gasteiger partial charge in [0, 0.05) is 18.1 Å². The third-order valence-electron chi connectivity index (χ3n) is 4.22. The summed E-state index contributed by atoms with van der Waals surface area (Å²) >= 11 is 3.54. The van der Waals surface area contributed by atoms with Crippen LogP contribution in [0.25, 0.3) is 0 Å². The molecule has 1 unspecified atom stereocenters. The van der Waals surface area contributed by atoms with Crippen LogP contribution in [0.4, 0.5) is 11.4 Å². The molecule has 0 spiro atoms. The van der Waals surface area contributed by atoms with Crippen molar-refractivity contribution in [3.05, 3.63) is 22.7 Å². The van der Waals surface area contributed by atoms with E-state index in [0.29, 0.717) is 12.5 Å². The van der Waals surface area contributed by atoms with Crippen LogP contribution < -0.4 is 15.1 Å². The van der Waals surface area contributed by atoms with E-state index in [0.717, 1.165) is 35.5 Å². The van der Waals surface area contributed by atoms with Gasteiger partial charge in [-0.1, -0.05) is 15.9 Å². The van der Waals surface area contributed by atoms with E-state index < -0.39 is 0 Å². The maximum atomic E-state index is 12.2. The molecule has 0 bridgehead atoms. The molecule has 5 heteroatoms. The number of anilines is 2. The van der Waals surface area contributed by atoms with Crippen molar-refractivity contribution >= 4 is 33.2 Å². The van der Waals surface area contributed by atoms with Crippen molar-refractivity contribution in [3.63, 3.8) is 0 Å². The molecule has 108 valence electrons. The quantitative estimate of drug-likeness (QED) is 0.898. The van der Waals surface area contributed by atoms with Crippen LogP contribution in [0.2, 0.25) is 0 Å². The third-order valence-corrected chi connectivity index (χ3v) is 4.71. The standard InChI is InChI=1S/C15H20BrN3O/c1-18-13-5-4-12(16)7-14(13)19(10-15(18)20)9-11-3-2-6-17-8-11/h4-5,7,11,17H,2-3,6,8-10H2,1H3. The zero-order valence-corrected chi connectivity index (χ0v) is 13.3. The average Bonchev–Trinajstić information content (AvgIpc) is 2.45. The van der Waals surface area contributed by atoms with E-state index in [2.05, 4.69) is 32.2 Å². The number of hydrogen-bond acceptors (Lipinski definition) is 3. The molecule has 1 saturated heterocycles. The number of halogens is 1. The van der Waals surface area contributed by atoms with Gasteiger partial charge in [0.25, 0.3) is 0 Å². The monoisotopic (exact) mass is 337 g/mol. The summed E-state index contributed by atoms with van der Waals surface area (Å²) < 4.78 is 1.06. The Morgan fingerprint density at radius 2 is 2.25 bits per heavy atom. The zero-order valence-electron chi connectivity index (χ0n) is 11.7. The van der Waals surface area contributed by atoms with Crippen molar-refractivity contribution in [1.29, 1.82) is 0 Å². The lowest BCUT2D eigenvalue weighted by Crippen LogP contribution is -2.47. The highest BCUT2D eigenvalue weighted by atomic mass is 79.9. The summed E-state index contributed by atoms with van der Waals surface area (Å²) in [6.07, 6.45) is 2.48. The molecule has 2 aliphatic rings. The van der Waals surface area contributed by atoms with Crippen LogP contribution in [-0.4, -0.2) is 39.1 Å². The normalized spacial score (nSPS) is 22.9. The number of carbonyl (C=O) groups excluding carboxylic acids is 1. The first-order chi connectivity index (χ1) is 9.65. The molecule has 1 aromatic rings. The molecule has 3 rings (SSSR count). The summed E-state index contributed by atoms with van der Waals surface area (Å²) in [4.78, 5) is 16.1. The Hall–Kier alpha value is -1.07. The molecular weight excluding hydrogens is 318 g/mol. The van der Waals surface area contributed by atoms with Crippen LogP contribution in [0.3, 0.4) is 0 Å². The Morgan fingerprint density at radius 1 is 1.40 bits per heavy atom. The minimum absolute atomic E-state index is 0.170. The van der Waals surface area contributed by atoms with Crippen LogP contribution in [0, 0.1) is 5.92 Å². The van der Waals surface area contributed by atoms with Gasteiger partial charge in [0.05, 0.1) is 17.9 Å². The molecule has 0 radical (unpaired) electrons. The van der Waals surface area contributed by atoms with Crippen molar-refractivity contribution in [3.8, 4) is 0 Å². The SMILES string of the molecule is CN1C(=O)CN(CC2CCCNC2)c2cc(Br)ccc21. The molecule has 0 aliphatic carbocycles. The third kappa shape index (κ3) is 2.69. The lowest BCUT2D eigenvalue weighted by molar-refractivity contribution is -0.117. The van der Waals surface area contributed by atoms with Crippen LogP contribution in [0.5, 0.6) is 0 Å². The largest absolute Gasteiger partial charge is 0.360 e. The van der Waals surface area contributed by atoms with Crippen LogP contribution >= 0.6 is 15.9 Å². The van der Waals surface area contributed by atoms with Gasteiger partial charge in [0.15, 0.2) is 0 Å². The molecule has 1 aromatic carbocycles. The highest BCUT2D eigenvalue weighted by Gasteiger charge is 2.28. The van der Waals surface area contributed by atoms with Gasteiger partial charge in [0.1, 0.15) is 0 Å². The first-order valence-corrected chi connectivity index (χ1v) is 7.96. The maximum absolute atomic E-state index is 12.2. The second-order valence-corrected chi connectivity index (χ2v) is 6.59. The molecule has 20 heavy (non-hydrogen) atoms. The average molecular weight is 338 g/mol. The fraction of sp³-hybridized carbons (Fsp3) is 0.533. The smallest absolute Gasteiger partial charge is 0.246 e. The van der Waals surface area contributed by atoms with E-state index in [1.54, 1.807) is 4.90 Å². The lowest BCUT2D eigenvalue weighted by atomic mass is 9.98. The van der Waals surface area contributed by atoms with Crippen molar-refractivity contribution in [2.75, 3.05) is 43.0 Å². The van der Waals surface area contributed by atoms with Crippen molar-refractivity contribution in [1.82, 2.24) is 5.32 Å². The molecule has 4 nitrogen and oxygen atoms in total. The summed E-state index contributed by atoms with van der Waals surface area (Å²) in [5.74, 6) is 0.801. The van der Waals surface area contributed by atoms with E-state index in [-0.39, 0.29) is 5.91 Å². The molecule has 1 atom stereocenters. The molecular formula is C15H20BrN3O. The van der Waals surface area contributed by atoms with E-state index in [4.69, 9.17) is 0 Å². The molecule has 1 N–H and O–H groups in total. The topological polar surface area (TPSA) is 35.6 Å². The number of benzene rings is 1. The number of nitrogens with zero attached hydrogens (tertiary/aromatic N) is 2. The van der Waals surface area contributed by atoms with E-state index in [1.807, 2.05) is 19.2 Å². The van der Waals surface area contributed by atoms with Gasteiger partial charge in [0.2, 0.25) is 5.91 Å². The summed E-state index contributed by atoms with van der Waals surface area (Å²) in [5, 5.41) is 3.45. The number of rotatable bonds is 2. The number of carbonyl (C=O) groups is 1. The minimum Gasteiger partial charge on any atom is -0.360 e. The summed E-state index contributed by atoms with van der Waals surface area (Å²) in [7, 11) is 1.86. The Labute approximate surface area is 128 Å². The summed E-state index contributed by atoms with van der Waals surface area (Å²) in [5.41, 5.74) is 2.17. The van der Waals surface area contributed by atoms with E-state index in [9.17, 15) is 4.79 Å². The van der Waals surface area contributed by atoms with Gasteiger partial charge in [-0.15, -0.1) is 0 Å². The molecule has 1 amide bonds. The number of amides is 1. The minimum atomic E-state index is 0.170. The molecule has 1 fully saturated rings. The number of fused-ring (bicyclic) bond motifs is 1. The Balaban J connectivity index is 1.86. The molecule has 2 aliphatic heterocycles. The summed E-state index contributed by atoms with van der Waals surface area (Å²) in [6.45, 7) is 3.62. The Bertz CT molecular complexity index is 514. The first kappa shape index (κ1) is 13.9. The van der Waals surface area contributed by atoms with Gasteiger partial charge in [-0.25, -0.2) is 0 Å². The van der Waals surface area contributed by atoms with Crippen molar-refractivity contribution < 1.29 is 4.79 Å². The predicted molar refractivity (Wildman–Crippen MR) is 85.4 cm³/mol. The van der Waals surface area contributed by atoms with Crippen LogP contribution in [0.15, 0.2) is 22.7 Å². The Morgan fingerprint density at radius 3 is 3.00 bits per heavy atom. The summed E-state index contributed by atoms with van der Waals surface area (Å²) in [6, 6.07) is 6.13. The van der Waals surface area contributed by atoms with Crippen LogP contribution in [-0.2, 0) is 4.79 Å². The van der Waals surface area contributed by atoms with Crippen molar-refractivity contribution in [2.45, 2.75) is 12.8 Å². The fourth-order valence-electron chi connectivity index (χ4n) is 3.08. The van der Waals surface area contributed by atoms with Gasteiger partial charge in [-0.2, -0.15) is 0 Å². The number of piperidine rings is 1. The van der Waals surface area contributed by atoms with E-state index >= 15 is 0 Å². The van der Waals surface area contributed by atoms with Gasteiger partial charge in [-0.3, -0.25) is 4.79 Å². The molecule has 2 heterocycles. The number of likely N-dealkylation sites (N-methyl/N-ethyl adjacent to an activating group) is 1. The van der Waals surface area contributed by atoms with Gasteiger partial charge in [-0.05, 0) is 50.0 Å². The van der Waals surface area contributed by atoms with Crippen molar-refractivity contribution in [2.24, 2.45) is 5.92 Å². The first-order valence-electron chi connectivity index (χ1n) is 7.17. The van der Waals surface area contributed by atoms with E-state index in [1.165, 1.54) is 12.8 Å². The number of hydrogen-bond donors (Lipinski definition) is 1.